The van der Waals surface area contributed by atoms with E-state index in [0.29, 0.717) is 0 Å². The lowest BCUT2D eigenvalue weighted by Crippen LogP contribution is -2.28. The summed E-state index contributed by atoms with van der Waals surface area (Å²) in [5.74, 6) is 0. The van der Waals surface area contributed by atoms with Crippen molar-refractivity contribution >= 4 is 29.1 Å². The van der Waals surface area contributed by atoms with Gasteiger partial charge in [0.05, 0.1) is 6.20 Å². The Morgan fingerprint density at radius 1 is 1.69 bits per heavy atom. The average molecular weight is 221 g/mol. The Balaban J connectivity index is 2.71. The fourth-order valence-electron chi connectivity index (χ4n) is 0.610. The van der Waals surface area contributed by atoms with Crippen molar-refractivity contribution in [2.75, 3.05) is 0 Å². The van der Waals surface area contributed by atoms with Gasteiger partial charge in [0.2, 0.25) is 0 Å². The van der Waals surface area contributed by atoms with Crippen LogP contribution in [0.4, 0.5) is 4.79 Å². The number of halogens is 1. The molecule has 1 rings (SSSR count). The Bertz CT molecular complexity index is 305. The van der Waals surface area contributed by atoms with E-state index >= 15 is 0 Å². The number of nitrogens with zero attached hydrogens (tertiary/aromatic N) is 1. The third kappa shape index (κ3) is 3.10. The summed E-state index contributed by atoms with van der Waals surface area (Å²) in [5, 5.41) is 8.51. The molecule has 70 valence electrons. The maximum atomic E-state index is 11.1. The van der Waals surface area contributed by atoms with Crippen LogP contribution in [0.2, 0.25) is 5.15 Å². The number of nitrogens with one attached hydrogen (secondary N) is 1. The van der Waals surface area contributed by atoms with E-state index in [1.54, 1.807) is 4.72 Å². The highest BCUT2D eigenvalue weighted by Gasteiger charge is 2.14. The Hall–Kier alpha value is -0.980. The molecule has 1 unspecified atom stereocenters. The molecule has 0 spiro atoms. The van der Waals surface area contributed by atoms with E-state index < -0.39 is 17.5 Å². The molecule has 0 aliphatic carbocycles. The van der Waals surface area contributed by atoms with Gasteiger partial charge in [-0.25, -0.2) is 9.78 Å². The first kappa shape index (κ1) is 10.1. The quantitative estimate of drug-likeness (QED) is 0.576. The van der Waals surface area contributed by atoms with Crippen molar-refractivity contribution in [1.29, 1.82) is 0 Å². The van der Waals surface area contributed by atoms with Gasteiger partial charge in [-0.3, -0.25) is 0 Å². The first-order chi connectivity index (χ1) is 6.09. The highest BCUT2D eigenvalue weighted by atomic mass is 35.5. The largest absolute Gasteiger partial charge is 0.588 e. The first-order valence-corrected chi connectivity index (χ1v) is 4.65. The molecule has 13 heavy (non-hydrogen) atoms. The molecule has 1 aromatic heterocycles. The van der Waals surface area contributed by atoms with Gasteiger partial charge >= 0.3 is 6.09 Å². The number of carbonyl (C=O) groups is 1. The molecule has 1 aromatic rings. The summed E-state index contributed by atoms with van der Waals surface area (Å²) in [5.41, 5.74) is 0. The minimum absolute atomic E-state index is 0.256. The van der Waals surface area contributed by atoms with Crippen LogP contribution in [-0.4, -0.2) is 20.7 Å². The molecule has 0 radical (unpaired) electrons. The van der Waals surface area contributed by atoms with E-state index in [1.807, 2.05) is 0 Å². The van der Waals surface area contributed by atoms with Crippen LogP contribution in [-0.2, 0) is 11.4 Å². The Kier molecular flexibility index (Phi) is 3.35. The topological polar surface area (TPSA) is 85.3 Å². The van der Waals surface area contributed by atoms with E-state index in [2.05, 4.69) is 4.98 Å². The number of hydrogen-bond acceptors (Lipinski definition) is 3. The second-order valence-corrected chi connectivity index (χ2v) is 3.59. The van der Waals surface area contributed by atoms with Gasteiger partial charge < -0.3 is 9.66 Å². The smallest absolute Gasteiger partial charge is 0.446 e. The van der Waals surface area contributed by atoms with Gasteiger partial charge in [-0.1, -0.05) is 11.6 Å². The van der Waals surface area contributed by atoms with Crippen molar-refractivity contribution in [3.8, 4) is 0 Å². The standard InChI is InChI=1S/C6H5ClN2O3S/c7-5-2-1-4(3-8-5)13(12)9-6(10)11/h1-3,9H,(H,10,11). The number of amides is 1. The highest BCUT2D eigenvalue weighted by Crippen LogP contribution is 2.10. The molecule has 0 aliphatic heterocycles. The third-order valence-corrected chi connectivity index (χ3v) is 2.35. The Morgan fingerprint density at radius 2 is 2.38 bits per heavy atom. The molecule has 0 bridgehead atoms. The normalized spacial score (nSPS) is 12.2. The summed E-state index contributed by atoms with van der Waals surface area (Å²) >= 11 is 3.68. The summed E-state index contributed by atoms with van der Waals surface area (Å²) in [6, 6.07) is 2.86. The van der Waals surface area contributed by atoms with Gasteiger partial charge in [-0.2, -0.15) is 0 Å². The third-order valence-electron chi connectivity index (χ3n) is 1.09. The van der Waals surface area contributed by atoms with Gasteiger partial charge in [0.25, 0.3) is 0 Å². The van der Waals surface area contributed by atoms with Gasteiger partial charge in [0.1, 0.15) is 16.5 Å². The number of hydrogen-bond donors (Lipinski definition) is 2. The zero-order valence-electron chi connectivity index (χ0n) is 6.23. The van der Waals surface area contributed by atoms with Crippen LogP contribution in [0.1, 0.15) is 0 Å². The van der Waals surface area contributed by atoms with Crippen LogP contribution in [0.5, 0.6) is 0 Å². The van der Waals surface area contributed by atoms with Crippen LogP contribution < -0.4 is 4.72 Å². The average Bonchev–Trinajstić information content (AvgIpc) is 2.04. The van der Waals surface area contributed by atoms with Gasteiger partial charge in [-0.05, 0) is 6.07 Å². The maximum absolute atomic E-state index is 11.1. The van der Waals surface area contributed by atoms with Crippen molar-refractivity contribution in [2.45, 2.75) is 4.90 Å². The predicted molar refractivity (Wildman–Crippen MR) is 46.8 cm³/mol. The number of carboxylic acid groups (broad SMARTS) is 1. The molecule has 1 amide bonds. The summed E-state index contributed by atoms with van der Waals surface area (Å²) in [6.07, 6.45) is -0.109. The van der Waals surface area contributed by atoms with Crippen LogP contribution in [0.15, 0.2) is 23.2 Å². The summed E-state index contributed by atoms with van der Waals surface area (Å²) in [7, 11) is 0. The molecule has 0 saturated heterocycles. The predicted octanol–water partition coefficient (Wildman–Crippen LogP) is 1.03. The number of aromatic nitrogens is 1. The molecule has 7 heteroatoms. The van der Waals surface area contributed by atoms with E-state index in [4.69, 9.17) is 16.7 Å². The SMILES string of the molecule is O=C(O)N[S+]([O-])c1ccc(Cl)nc1. The van der Waals surface area contributed by atoms with E-state index in [-0.39, 0.29) is 10.0 Å². The van der Waals surface area contributed by atoms with Crippen LogP contribution in [0, 0.1) is 0 Å². The monoisotopic (exact) mass is 220 g/mol. The van der Waals surface area contributed by atoms with E-state index in [1.165, 1.54) is 18.3 Å². The van der Waals surface area contributed by atoms with Crippen molar-refractivity contribution in [1.82, 2.24) is 9.71 Å². The molecular formula is C6H5ClN2O3S. The summed E-state index contributed by atoms with van der Waals surface area (Å²) in [4.78, 5) is 14.0. The molecule has 1 heterocycles. The number of pyridine rings is 1. The highest BCUT2D eigenvalue weighted by molar-refractivity contribution is 7.90. The minimum Gasteiger partial charge on any atom is -0.588 e. The molecule has 5 nitrogen and oxygen atoms in total. The van der Waals surface area contributed by atoms with E-state index in [9.17, 15) is 9.35 Å². The summed E-state index contributed by atoms with van der Waals surface area (Å²) < 4.78 is 12.9. The lowest BCUT2D eigenvalue weighted by molar-refractivity contribution is 0.201. The zero-order chi connectivity index (χ0) is 9.84. The van der Waals surface area contributed by atoms with Crippen molar-refractivity contribution < 1.29 is 14.5 Å². The van der Waals surface area contributed by atoms with E-state index in [0.717, 1.165) is 0 Å². The van der Waals surface area contributed by atoms with Crippen LogP contribution >= 0.6 is 11.6 Å². The van der Waals surface area contributed by atoms with Crippen LogP contribution in [0.25, 0.3) is 0 Å². The summed E-state index contributed by atoms with van der Waals surface area (Å²) in [6.45, 7) is 0. The lowest BCUT2D eigenvalue weighted by atomic mass is 10.5. The fraction of sp³-hybridized carbons (Fsp3) is 0. The Morgan fingerprint density at radius 3 is 2.85 bits per heavy atom. The first-order valence-electron chi connectivity index (χ1n) is 3.12. The van der Waals surface area contributed by atoms with Gasteiger partial charge in [0, 0.05) is 6.07 Å². The molecule has 0 aromatic carbocycles. The molecule has 2 N–H and O–H groups in total. The zero-order valence-corrected chi connectivity index (χ0v) is 7.80. The maximum Gasteiger partial charge on any atom is 0.446 e. The molecule has 0 saturated carbocycles. The lowest BCUT2D eigenvalue weighted by Gasteiger charge is -2.06. The van der Waals surface area contributed by atoms with Crippen molar-refractivity contribution in [3.63, 3.8) is 0 Å². The fourth-order valence-corrected chi connectivity index (χ4v) is 1.34. The molecule has 1 atom stereocenters. The molecular weight excluding hydrogens is 216 g/mol. The van der Waals surface area contributed by atoms with Crippen LogP contribution in [0.3, 0.4) is 0 Å². The second-order valence-electron chi connectivity index (χ2n) is 1.99. The number of rotatable bonds is 2. The minimum atomic E-state index is -1.79. The Labute approximate surface area is 82.1 Å². The second kappa shape index (κ2) is 4.31. The van der Waals surface area contributed by atoms with Gasteiger partial charge in [-0.15, -0.1) is 4.72 Å². The molecule has 0 aliphatic rings. The molecule has 0 fully saturated rings. The van der Waals surface area contributed by atoms with Crippen molar-refractivity contribution in [3.05, 3.63) is 23.5 Å². The van der Waals surface area contributed by atoms with Crippen molar-refractivity contribution in [2.24, 2.45) is 0 Å². The van der Waals surface area contributed by atoms with Gasteiger partial charge in [0.15, 0.2) is 4.90 Å².